The Morgan fingerprint density at radius 1 is 1.05 bits per heavy atom. The molecule has 13 heteroatoms. The zero-order chi connectivity index (χ0) is 27.0. The van der Waals surface area contributed by atoms with Crippen LogP contribution in [0.4, 0.5) is 13.2 Å². The van der Waals surface area contributed by atoms with Crippen molar-refractivity contribution in [3.63, 3.8) is 0 Å². The van der Waals surface area contributed by atoms with Gasteiger partial charge in [-0.3, -0.25) is 9.59 Å². The van der Waals surface area contributed by atoms with Gasteiger partial charge in [0, 0.05) is 42.5 Å². The number of piperazine rings is 1. The minimum atomic E-state index is -4.64. The zero-order valence-corrected chi connectivity index (χ0v) is 20.9. The number of nitrogens with two attached hydrogens (primary N) is 1. The van der Waals surface area contributed by atoms with Crippen molar-refractivity contribution in [1.29, 1.82) is 0 Å². The number of amides is 2. The Morgan fingerprint density at radius 3 is 2.37 bits per heavy atom. The molecule has 0 bridgehead atoms. The van der Waals surface area contributed by atoms with Crippen molar-refractivity contribution in [1.82, 2.24) is 19.8 Å². The SMILES string of the molecule is COc1ccc(-c2nc(C(=O)N3CCN(C(=O)c4ccsc4)CC3)c(CN)o2)c2ccc(C(F)(F)F)nc12. The van der Waals surface area contributed by atoms with E-state index in [9.17, 15) is 22.8 Å². The van der Waals surface area contributed by atoms with Crippen molar-refractivity contribution in [2.24, 2.45) is 5.73 Å². The molecule has 1 aliphatic heterocycles. The third kappa shape index (κ3) is 4.70. The summed E-state index contributed by atoms with van der Waals surface area (Å²) in [6, 6.07) is 6.92. The van der Waals surface area contributed by atoms with Crippen LogP contribution in [0.5, 0.6) is 5.75 Å². The fourth-order valence-electron chi connectivity index (χ4n) is 4.30. The molecular formula is C25H22F3N5O4S. The van der Waals surface area contributed by atoms with Crippen LogP contribution in [0.1, 0.15) is 32.3 Å². The lowest BCUT2D eigenvalue weighted by Crippen LogP contribution is -2.50. The van der Waals surface area contributed by atoms with Gasteiger partial charge in [-0.15, -0.1) is 0 Å². The average Bonchev–Trinajstić information content (AvgIpc) is 3.61. The molecule has 1 saturated heterocycles. The second-order valence-corrected chi connectivity index (χ2v) is 9.28. The molecule has 0 saturated carbocycles. The minimum absolute atomic E-state index is 0.0175. The van der Waals surface area contributed by atoms with Crippen LogP contribution in [0.3, 0.4) is 0 Å². The zero-order valence-electron chi connectivity index (χ0n) is 20.1. The molecule has 4 heterocycles. The van der Waals surface area contributed by atoms with E-state index in [4.69, 9.17) is 14.9 Å². The highest BCUT2D eigenvalue weighted by molar-refractivity contribution is 7.08. The number of alkyl halides is 3. The number of oxazole rings is 1. The number of carbonyl (C=O) groups excluding carboxylic acids is 2. The number of halogens is 3. The Hall–Kier alpha value is -3.97. The summed E-state index contributed by atoms with van der Waals surface area (Å²) < 4.78 is 50.8. The standard InChI is InChI=1S/C25H22F3N5O4S/c1-36-17-4-2-16(15-3-5-19(25(26,27)28)30-20(15)17)22-31-21(18(12-29)37-22)24(35)33-9-7-32(8-10-33)23(34)14-6-11-38-13-14/h2-6,11,13H,7-10,12,29H2,1H3. The van der Waals surface area contributed by atoms with Gasteiger partial charge < -0.3 is 24.7 Å². The topological polar surface area (TPSA) is 115 Å². The molecule has 9 nitrogen and oxygen atoms in total. The van der Waals surface area contributed by atoms with Gasteiger partial charge in [0.1, 0.15) is 17.0 Å². The van der Waals surface area contributed by atoms with Gasteiger partial charge in [-0.25, -0.2) is 9.97 Å². The summed E-state index contributed by atoms with van der Waals surface area (Å²) in [5, 5.41) is 3.93. The number of hydrogen-bond acceptors (Lipinski definition) is 8. The number of benzene rings is 1. The van der Waals surface area contributed by atoms with E-state index in [0.29, 0.717) is 42.7 Å². The van der Waals surface area contributed by atoms with Gasteiger partial charge in [0.25, 0.3) is 11.8 Å². The maximum atomic E-state index is 13.3. The number of aromatic nitrogens is 2. The van der Waals surface area contributed by atoms with Crippen molar-refractivity contribution in [2.45, 2.75) is 12.7 Å². The third-order valence-electron chi connectivity index (χ3n) is 6.27. The number of ether oxygens (including phenoxy) is 1. The molecule has 2 amide bonds. The summed E-state index contributed by atoms with van der Waals surface area (Å²) in [6.45, 7) is 1.21. The van der Waals surface area contributed by atoms with E-state index in [-0.39, 0.29) is 41.1 Å². The summed E-state index contributed by atoms with van der Waals surface area (Å²) >= 11 is 1.44. The van der Waals surface area contributed by atoms with Crippen LogP contribution in [-0.2, 0) is 12.7 Å². The Labute approximate surface area is 218 Å². The highest BCUT2D eigenvalue weighted by Crippen LogP contribution is 2.37. The van der Waals surface area contributed by atoms with Crippen molar-refractivity contribution in [2.75, 3.05) is 33.3 Å². The first-order valence-corrected chi connectivity index (χ1v) is 12.5. The summed E-state index contributed by atoms with van der Waals surface area (Å²) in [5.41, 5.74) is 5.72. The molecule has 4 aromatic rings. The molecule has 2 N–H and O–H groups in total. The van der Waals surface area contributed by atoms with E-state index in [0.717, 1.165) is 6.07 Å². The maximum absolute atomic E-state index is 13.3. The van der Waals surface area contributed by atoms with Crippen molar-refractivity contribution < 1.29 is 31.9 Å². The second-order valence-electron chi connectivity index (χ2n) is 8.50. The first kappa shape index (κ1) is 25.7. The summed E-state index contributed by atoms with van der Waals surface area (Å²) in [5.74, 6) is -0.178. The molecule has 5 rings (SSSR count). The second kappa shape index (κ2) is 10.1. The van der Waals surface area contributed by atoms with Gasteiger partial charge in [0.2, 0.25) is 5.89 Å². The predicted octanol–water partition coefficient (Wildman–Crippen LogP) is 4.04. The summed E-state index contributed by atoms with van der Waals surface area (Å²) in [4.78, 5) is 37.3. The first-order valence-electron chi connectivity index (χ1n) is 11.6. The quantitative estimate of drug-likeness (QED) is 0.403. The highest BCUT2D eigenvalue weighted by atomic mass is 32.1. The van der Waals surface area contributed by atoms with Crippen LogP contribution < -0.4 is 10.5 Å². The Morgan fingerprint density at radius 2 is 1.76 bits per heavy atom. The van der Waals surface area contributed by atoms with Crippen LogP contribution in [0.15, 0.2) is 45.5 Å². The number of hydrogen-bond donors (Lipinski definition) is 1. The number of rotatable bonds is 5. The van der Waals surface area contributed by atoms with Crippen LogP contribution in [-0.4, -0.2) is 64.9 Å². The van der Waals surface area contributed by atoms with Gasteiger partial charge >= 0.3 is 6.18 Å². The Kier molecular flexibility index (Phi) is 6.80. The molecule has 3 aromatic heterocycles. The van der Waals surface area contributed by atoms with Crippen LogP contribution >= 0.6 is 11.3 Å². The monoisotopic (exact) mass is 545 g/mol. The van der Waals surface area contributed by atoms with Crippen molar-refractivity contribution >= 4 is 34.1 Å². The summed E-state index contributed by atoms with van der Waals surface area (Å²) in [6.07, 6.45) is -4.64. The van der Waals surface area contributed by atoms with E-state index >= 15 is 0 Å². The number of nitrogens with zero attached hydrogens (tertiary/aromatic N) is 4. The lowest BCUT2D eigenvalue weighted by atomic mass is 10.1. The lowest BCUT2D eigenvalue weighted by Gasteiger charge is -2.34. The van der Waals surface area contributed by atoms with E-state index in [2.05, 4.69) is 9.97 Å². The lowest BCUT2D eigenvalue weighted by molar-refractivity contribution is -0.140. The van der Waals surface area contributed by atoms with Crippen LogP contribution in [0, 0.1) is 0 Å². The van der Waals surface area contributed by atoms with Gasteiger partial charge in [0.15, 0.2) is 11.5 Å². The molecule has 1 aliphatic rings. The normalized spacial score (nSPS) is 14.2. The van der Waals surface area contributed by atoms with Crippen LogP contribution in [0.25, 0.3) is 22.4 Å². The van der Waals surface area contributed by atoms with Crippen molar-refractivity contribution in [3.05, 3.63) is 63.8 Å². The predicted molar refractivity (Wildman–Crippen MR) is 133 cm³/mol. The smallest absolute Gasteiger partial charge is 0.433 e. The average molecular weight is 546 g/mol. The number of carbonyl (C=O) groups is 2. The summed E-state index contributed by atoms with van der Waals surface area (Å²) in [7, 11) is 1.33. The number of fused-ring (bicyclic) bond motifs is 1. The maximum Gasteiger partial charge on any atom is 0.433 e. The number of pyridine rings is 1. The molecule has 1 aromatic carbocycles. The molecular weight excluding hydrogens is 523 g/mol. The number of thiophene rings is 1. The fraction of sp³-hybridized carbons (Fsp3) is 0.280. The van der Waals surface area contributed by atoms with E-state index in [1.165, 1.54) is 30.6 Å². The van der Waals surface area contributed by atoms with Gasteiger partial charge in [-0.05, 0) is 35.7 Å². The molecule has 0 unspecified atom stereocenters. The van der Waals surface area contributed by atoms with Crippen LogP contribution in [0.2, 0.25) is 0 Å². The van der Waals surface area contributed by atoms with E-state index in [1.54, 1.807) is 27.3 Å². The van der Waals surface area contributed by atoms with Gasteiger partial charge in [-0.1, -0.05) is 0 Å². The van der Waals surface area contributed by atoms with Gasteiger partial charge in [-0.2, -0.15) is 24.5 Å². The Bertz CT molecular complexity index is 1490. The molecule has 0 aliphatic carbocycles. The molecule has 0 spiro atoms. The first-order chi connectivity index (χ1) is 18.2. The van der Waals surface area contributed by atoms with E-state index in [1.807, 2.05) is 5.38 Å². The Balaban J connectivity index is 1.43. The van der Waals surface area contributed by atoms with E-state index < -0.39 is 17.8 Å². The molecule has 198 valence electrons. The minimum Gasteiger partial charge on any atom is -0.494 e. The van der Waals surface area contributed by atoms with Gasteiger partial charge in [0.05, 0.1) is 19.2 Å². The largest absolute Gasteiger partial charge is 0.494 e. The van der Waals surface area contributed by atoms with Crippen molar-refractivity contribution in [3.8, 4) is 17.2 Å². The molecule has 38 heavy (non-hydrogen) atoms. The third-order valence-corrected chi connectivity index (χ3v) is 6.95. The molecule has 1 fully saturated rings. The highest BCUT2D eigenvalue weighted by Gasteiger charge is 2.34. The fourth-order valence-corrected chi connectivity index (χ4v) is 4.93. The molecule has 0 atom stereocenters. The number of methoxy groups -OCH3 is 1. The molecule has 0 radical (unpaired) electrons.